The molecule has 0 aliphatic rings. The third-order valence-electron chi connectivity index (χ3n) is 16.2. The third kappa shape index (κ3) is 64.3. The lowest BCUT2D eigenvalue weighted by Crippen LogP contribution is -2.47. The SMILES string of the molecule is CCCCC/C=C\C/C=C\CCCCCCCCCCCCCCCC(=O)NC(COP(=O)(O)OCC[N+](C)(C)C)C(/C=C/CCCCCCCCCCC)OC(=O)CCCCCCCCCCCCCCC/C=C/CCCCCCCC. The fourth-order valence-electron chi connectivity index (χ4n) is 10.7. The maximum absolute atomic E-state index is 13.6. The highest BCUT2D eigenvalue weighted by atomic mass is 31.2. The number of carbonyl (C=O) groups is 2. The molecule has 9 nitrogen and oxygen atoms in total. The Morgan fingerprint density at radius 3 is 1.12 bits per heavy atom. The number of allylic oxidation sites excluding steroid dienone is 7. The summed E-state index contributed by atoms with van der Waals surface area (Å²) in [5, 5.41) is 3.07. The minimum absolute atomic E-state index is 0.0416. The van der Waals surface area contributed by atoms with E-state index in [-0.39, 0.29) is 25.1 Å². The molecule has 0 rings (SSSR count). The summed E-state index contributed by atoms with van der Waals surface area (Å²) in [6, 6.07) is -0.848. The average molecular weight is 1190 g/mol. The van der Waals surface area contributed by atoms with Gasteiger partial charge in [0, 0.05) is 12.8 Å². The van der Waals surface area contributed by atoms with Gasteiger partial charge in [-0.1, -0.05) is 301 Å². The molecule has 3 atom stereocenters. The van der Waals surface area contributed by atoms with Crippen LogP contribution in [-0.2, 0) is 27.9 Å². The maximum Gasteiger partial charge on any atom is 0.472 e. The molecule has 0 saturated heterocycles. The summed E-state index contributed by atoms with van der Waals surface area (Å²) in [5.74, 6) is -0.491. The van der Waals surface area contributed by atoms with E-state index in [2.05, 4.69) is 62.5 Å². The molecule has 83 heavy (non-hydrogen) atoms. The second-order valence-corrected chi connectivity index (χ2v) is 27.2. The largest absolute Gasteiger partial charge is 0.472 e. The first-order valence-corrected chi connectivity index (χ1v) is 37.5. The molecular formula is C73H140N2O7P+. The zero-order valence-corrected chi connectivity index (χ0v) is 56.8. The Hall–Kier alpha value is -2.03. The van der Waals surface area contributed by atoms with Crippen LogP contribution in [0.5, 0.6) is 0 Å². The molecule has 0 bridgehead atoms. The molecule has 0 aromatic heterocycles. The van der Waals surface area contributed by atoms with Crippen molar-refractivity contribution in [3.05, 3.63) is 48.6 Å². The van der Waals surface area contributed by atoms with Crippen molar-refractivity contribution >= 4 is 19.7 Å². The highest BCUT2D eigenvalue weighted by Gasteiger charge is 2.30. The van der Waals surface area contributed by atoms with Crippen molar-refractivity contribution in [2.75, 3.05) is 40.9 Å². The minimum Gasteiger partial charge on any atom is -0.456 e. The number of rotatable bonds is 66. The molecule has 488 valence electrons. The second kappa shape index (κ2) is 63.0. The van der Waals surface area contributed by atoms with Crippen LogP contribution < -0.4 is 5.32 Å². The lowest BCUT2D eigenvalue weighted by atomic mass is 10.0. The number of hydrogen-bond acceptors (Lipinski definition) is 6. The molecule has 3 unspecified atom stereocenters. The van der Waals surface area contributed by atoms with Crippen molar-refractivity contribution in [2.24, 2.45) is 0 Å². The van der Waals surface area contributed by atoms with Crippen LogP contribution in [0.3, 0.4) is 0 Å². The molecule has 1 amide bonds. The van der Waals surface area contributed by atoms with Crippen LogP contribution in [0.1, 0.15) is 355 Å². The summed E-state index contributed by atoms with van der Waals surface area (Å²) in [4.78, 5) is 37.9. The fourth-order valence-corrected chi connectivity index (χ4v) is 11.4. The van der Waals surface area contributed by atoms with Crippen LogP contribution in [0, 0.1) is 0 Å². The molecular weight excluding hydrogens is 1050 g/mol. The van der Waals surface area contributed by atoms with Crippen molar-refractivity contribution in [3.8, 4) is 0 Å². The van der Waals surface area contributed by atoms with Crippen molar-refractivity contribution in [3.63, 3.8) is 0 Å². The van der Waals surface area contributed by atoms with E-state index >= 15 is 0 Å². The standard InChI is InChI=1S/C73H139N2O7P/c1-7-10-13-16-19-22-25-27-29-31-33-35-37-39-41-43-45-47-50-53-56-59-62-65-72(76)74-70(69-81-83(78,79)80-68-67-75(4,5)6)71(64-61-58-55-52-49-24-21-18-15-12-9-3)82-73(77)66-63-60-57-54-51-48-46-44-42-40-38-36-34-32-30-28-26-23-20-17-14-11-8-2/h19,22,27-30,61,64,70-71H,7-18,20-21,23-26,31-60,62-63,65-69H2,1-6H3,(H-,74,76,78,79)/p+1/b22-19-,29-27-,30-28+,64-61+. The molecule has 0 saturated carbocycles. The quantitative estimate of drug-likeness (QED) is 0.0205. The molecule has 0 radical (unpaired) electrons. The highest BCUT2D eigenvalue weighted by Crippen LogP contribution is 2.43. The van der Waals surface area contributed by atoms with Gasteiger partial charge in [-0.15, -0.1) is 0 Å². The Morgan fingerprint density at radius 2 is 0.735 bits per heavy atom. The van der Waals surface area contributed by atoms with Crippen molar-refractivity contribution in [2.45, 2.75) is 367 Å². The van der Waals surface area contributed by atoms with Crippen LogP contribution in [0.25, 0.3) is 0 Å². The number of hydrogen-bond donors (Lipinski definition) is 2. The van der Waals surface area contributed by atoms with Gasteiger partial charge in [0.1, 0.15) is 19.3 Å². The zero-order chi connectivity index (χ0) is 60.7. The van der Waals surface area contributed by atoms with Crippen LogP contribution in [-0.4, -0.2) is 74.3 Å². The predicted molar refractivity (Wildman–Crippen MR) is 360 cm³/mol. The Kier molecular flexibility index (Phi) is 61.5. The molecule has 0 aromatic carbocycles. The lowest BCUT2D eigenvalue weighted by molar-refractivity contribution is -0.870. The van der Waals surface area contributed by atoms with Crippen LogP contribution >= 0.6 is 7.82 Å². The Balaban J connectivity index is 5.00. The Labute approximate surface area is 516 Å². The molecule has 10 heteroatoms. The number of esters is 1. The van der Waals surface area contributed by atoms with E-state index in [9.17, 15) is 19.0 Å². The van der Waals surface area contributed by atoms with Gasteiger partial charge in [-0.05, 0) is 89.5 Å². The van der Waals surface area contributed by atoms with Gasteiger partial charge in [-0.25, -0.2) is 4.57 Å². The van der Waals surface area contributed by atoms with Crippen molar-refractivity contribution in [1.29, 1.82) is 0 Å². The Bertz CT molecular complexity index is 1560. The topological polar surface area (TPSA) is 111 Å². The number of nitrogens with one attached hydrogen (secondary N) is 1. The van der Waals surface area contributed by atoms with Gasteiger partial charge >= 0.3 is 13.8 Å². The van der Waals surface area contributed by atoms with Crippen LogP contribution in [0.15, 0.2) is 48.6 Å². The number of carbonyl (C=O) groups excluding carboxylic acids is 2. The van der Waals surface area contributed by atoms with Gasteiger partial charge in [-0.2, -0.15) is 0 Å². The molecule has 0 heterocycles. The van der Waals surface area contributed by atoms with E-state index in [4.69, 9.17) is 13.8 Å². The summed E-state index contributed by atoms with van der Waals surface area (Å²) in [6.07, 6.45) is 79.8. The first-order valence-electron chi connectivity index (χ1n) is 36.0. The second-order valence-electron chi connectivity index (χ2n) is 25.8. The predicted octanol–water partition coefficient (Wildman–Crippen LogP) is 22.8. The number of quaternary nitrogens is 1. The average Bonchev–Trinajstić information content (AvgIpc) is 3.51. The summed E-state index contributed by atoms with van der Waals surface area (Å²) >= 11 is 0. The smallest absolute Gasteiger partial charge is 0.456 e. The normalized spacial score (nSPS) is 13.8. The van der Waals surface area contributed by atoms with E-state index in [0.717, 1.165) is 64.2 Å². The fraction of sp³-hybridized carbons (Fsp3) is 0.863. The van der Waals surface area contributed by atoms with Crippen LogP contribution in [0.2, 0.25) is 0 Å². The van der Waals surface area contributed by atoms with E-state index in [1.807, 2.05) is 33.3 Å². The van der Waals surface area contributed by atoms with E-state index in [1.165, 1.54) is 257 Å². The first-order chi connectivity index (χ1) is 40.4. The van der Waals surface area contributed by atoms with E-state index in [1.54, 1.807) is 0 Å². The van der Waals surface area contributed by atoms with Gasteiger partial charge in [-0.3, -0.25) is 18.6 Å². The number of unbranched alkanes of at least 4 members (excludes halogenated alkanes) is 44. The van der Waals surface area contributed by atoms with E-state index < -0.39 is 20.0 Å². The maximum atomic E-state index is 13.6. The number of nitrogens with zero attached hydrogens (tertiary/aromatic N) is 1. The van der Waals surface area contributed by atoms with Gasteiger partial charge in [0.05, 0.1) is 33.8 Å². The van der Waals surface area contributed by atoms with Gasteiger partial charge in [0.15, 0.2) is 0 Å². The first kappa shape index (κ1) is 81.0. The monoisotopic (exact) mass is 1190 g/mol. The van der Waals surface area contributed by atoms with Crippen LogP contribution in [0.4, 0.5) is 0 Å². The Morgan fingerprint density at radius 1 is 0.422 bits per heavy atom. The molecule has 0 aliphatic carbocycles. The number of amides is 1. The zero-order valence-electron chi connectivity index (χ0n) is 56.0. The number of phosphoric acid groups is 1. The number of likely N-dealkylation sites (N-methyl/N-ethyl adjacent to an activating group) is 1. The number of phosphoric ester groups is 1. The van der Waals surface area contributed by atoms with Gasteiger partial charge in [0.25, 0.3) is 0 Å². The minimum atomic E-state index is -4.45. The van der Waals surface area contributed by atoms with E-state index in [0.29, 0.717) is 23.9 Å². The summed E-state index contributed by atoms with van der Waals surface area (Å²) in [6.45, 7) is 7.03. The molecule has 0 fully saturated rings. The molecule has 0 aliphatic heterocycles. The van der Waals surface area contributed by atoms with Crippen molar-refractivity contribution in [1.82, 2.24) is 5.32 Å². The molecule has 2 N–H and O–H groups in total. The summed E-state index contributed by atoms with van der Waals surface area (Å²) < 4.78 is 30.8. The van der Waals surface area contributed by atoms with Gasteiger partial charge < -0.3 is 19.4 Å². The lowest BCUT2D eigenvalue weighted by Gasteiger charge is -2.27. The molecule has 0 spiro atoms. The van der Waals surface area contributed by atoms with Gasteiger partial charge in [0.2, 0.25) is 5.91 Å². The summed E-state index contributed by atoms with van der Waals surface area (Å²) in [7, 11) is 1.51. The number of ether oxygens (including phenoxy) is 1. The third-order valence-corrected chi connectivity index (χ3v) is 17.2. The van der Waals surface area contributed by atoms with Crippen molar-refractivity contribution < 1.29 is 37.3 Å². The molecule has 0 aromatic rings. The summed E-state index contributed by atoms with van der Waals surface area (Å²) in [5.41, 5.74) is 0. The highest BCUT2D eigenvalue weighted by molar-refractivity contribution is 7.47.